The van der Waals surface area contributed by atoms with Crippen LogP contribution in [-0.2, 0) is 4.79 Å². The molecule has 0 bridgehead atoms. The van der Waals surface area contributed by atoms with Gasteiger partial charge in [0, 0.05) is 0 Å². The SMILES string of the molecule is O=C1C=CC(=Nc2ccc(O)c(Cl)c2)C=C1.[Na+]. The van der Waals surface area contributed by atoms with Crippen molar-refractivity contribution in [2.75, 3.05) is 0 Å². The van der Waals surface area contributed by atoms with E-state index in [2.05, 4.69) is 4.99 Å². The summed E-state index contributed by atoms with van der Waals surface area (Å²) in [5, 5.41) is 9.48. The molecule has 1 aromatic rings. The van der Waals surface area contributed by atoms with Crippen molar-refractivity contribution in [3.8, 4) is 5.75 Å². The molecular formula is C12H8ClNNaO2+. The summed E-state index contributed by atoms with van der Waals surface area (Å²) in [6.07, 6.45) is 6.15. The standard InChI is InChI=1S/C12H8ClNO2.Na/c13-11-7-9(3-6-12(11)16)14-8-1-4-10(15)5-2-8;/h1-7,16H;/q;+1. The molecule has 0 radical (unpaired) electrons. The number of ketones is 1. The number of hydrogen-bond acceptors (Lipinski definition) is 3. The number of nitrogens with zero attached hydrogens (tertiary/aromatic N) is 1. The maximum atomic E-state index is 10.9. The molecule has 17 heavy (non-hydrogen) atoms. The van der Waals surface area contributed by atoms with Gasteiger partial charge in [-0.3, -0.25) is 4.79 Å². The third kappa shape index (κ3) is 3.82. The minimum absolute atomic E-state index is 0. The van der Waals surface area contributed by atoms with Crippen LogP contribution >= 0.6 is 11.6 Å². The van der Waals surface area contributed by atoms with Crippen LogP contribution in [0.25, 0.3) is 0 Å². The van der Waals surface area contributed by atoms with E-state index >= 15 is 0 Å². The second-order valence-electron chi connectivity index (χ2n) is 3.24. The van der Waals surface area contributed by atoms with Crippen LogP contribution < -0.4 is 29.6 Å². The van der Waals surface area contributed by atoms with Gasteiger partial charge in [0.15, 0.2) is 5.78 Å². The Hall–Kier alpha value is -0.870. The molecule has 3 nitrogen and oxygen atoms in total. The number of hydrogen-bond donors (Lipinski definition) is 1. The van der Waals surface area contributed by atoms with Crippen molar-refractivity contribution >= 4 is 28.8 Å². The molecule has 0 heterocycles. The molecule has 0 amide bonds. The van der Waals surface area contributed by atoms with Gasteiger partial charge in [0.05, 0.1) is 16.4 Å². The normalized spacial score (nSPS) is 13.5. The van der Waals surface area contributed by atoms with E-state index in [1.807, 2.05) is 0 Å². The van der Waals surface area contributed by atoms with Crippen LogP contribution in [0.2, 0.25) is 5.02 Å². The van der Waals surface area contributed by atoms with Crippen molar-refractivity contribution in [2.45, 2.75) is 0 Å². The van der Waals surface area contributed by atoms with Crippen molar-refractivity contribution in [1.29, 1.82) is 0 Å². The number of carbonyl (C=O) groups is 1. The minimum atomic E-state index is -0.0531. The van der Waals surface area contributed by atoms with Gasteiger partial charge in [0.1, 0.15) is 5.75 Å². The van der Waals surface area contributed by atoms with Crippen molar-refractivity contribution in [1.82, 2.24) is 0 Å². The third-order valence-electron chi connectivity index (χ3n) is 2.03. The molecule has 0 saturated carbocycles. The van der Waals surface area contributed by atoms with E-state index in [9.17, 15) is 9.90 Å². The summed E-state index contributed by atoms with van der Waals surface area (Å²) < 4.78 is 0. The fourth-order valence-corrected chi connectivity index (χ4v) is 1.41. The molecule has 0 aromatic heterocycles. The maximum Gasteiger partial charge on any atom is 1.00 e. The Morgan fingerprint density at radius 3 is 2.35 bits per heavy atom. The number of benzene rings is 1. The van der Waals surface area contributed by atoms with Gasteiger partial charge in [-0.15, -0.1) is 0 Å². The van der Waals surface area contributed by atoms with Gasteiger partial charge in [-0.1, -0.05) is 11.6 Å². The van der Waals surface area contributed by atoms with E-state index in [1.54, 1.807) is 24.3 Å². The van der Waals surface area contributed by atoms with Crippen LogP contribution in [0, 0.1) is 0 Å². The molecule has 5 heteroatoms. The van der Waals surface area contributed by atoms with Crippen LogP contribution in [0.15, 0.2) is 47.5 Å². The molecule has 2 rings (SSSR count). The van der Waals surface area contributed by atoms with Gasteiger partial charge in [-0.05, 0) is 42.5 Å². The molecule has 0 saturated heterocycles. The Kier molecular flexibility index (Phi) is 5.15. The number of phenolic OH excluding ortho intramolecular Hbond substituents is 1. The third-order valence-corrected chi connectivity index (χ3v) is 2.33. The summed E-state index contributed by atoms with van der Waals surface area (Å²) in [5.74, 6) is -0.0294. The number of halogens is 1. The monoisotopic (exact) mass is 256 g/mol. The van der Waals surface area contributed by atoms with E-state index in [4.69, 9.17) is 11.6 Å². The number of phenols is 1. The van der Waals surface area contributed by atoms with Crippen LogP contribution in [0.3, 0.4) is 0 Å². The Morgan fingerprint density at radius 2 is 1.76 bits per heavy atom. The van der Waals surface area contributed by atoms with Crippen LogP contribution in [0.5, 0.6) is 5.75 Å². The van der Waals surface area contributed by atoms with E-state index in [0.29, 0.717) is 11.4 Å². The van der Waals surface area contributed by atoms with E-state index in [1.165, 1.54) is 18.2 Å². The first-order valence-electron chi connectivity index (χ1n) is 4.62. The van der Waals surface area contributed by atoms with Crippen molar-refractivity contribution in [3.05, 3.63) is 47.5 Å². The first-order chi connectivity index (χ1) is 7.65. The number of aromatic hydroxyl groups is 1. The number of allylic oxidation sites excluding steroid dienone is 4. The smallest absolute Gasteiger partial charge is 0.506 e. The average molecular weight is 257 g/mol. The van der Waals surface area contributed by atoms with E-state index < -0.39 is 0 Å². The molecule has 1 N–H and O–H groups in total. The summed E-state index contributed by atoms with van der Waals surface area (Å²) in [6.45, 7) is 0. The zero-order valence-corrected chi connectivity index (χ0v) is 12.0. The van der Waals surface area contributed by atoms with Gasteiger partial charge in [-0.25, -0.2) is 4.99 Å². The zero-order valence-electron chi connectivity index (χ0n) is 9.22. The Bertz CT molecular complexity index is 517. The Morgan fingerprint density at radius 1 is 1.12 bits per heavy atom. The van der Waals surface area contributed by atoms with Crippen molar-refractivity contribution in [2.24, 2.45) is 4.99 Å². The topological polar surface area (TPSA) is 49.7 Å². The summed E-state index contributed by atoms with van der Waals surface area (Å²) in [4.78, 5) is 15.1. The van der Waals surface area contributed by atoms with Gasteiger partial charge in [0.25, 0.3) is 0 Å². The molecule has 0 fully saturated rings. The fourth-order valence-electron chi connectivity index (χ4n) is 1.24. The molecule has 0 atom stereocenters. The van der Waals surface area contributed by atoms with Crippen LogP contribution in [-0.4, -0.2) is 16.6 Å². The number of carbonyl (C=O) groups excluding carboxylic acids is 1. The molecule has 0 unspecified atom stereocenters. The van der Waals surface area contributed by atoms with Gasteiger partial charge >= 0.3 is 29.6 Å². The molecule has 80 valence electrons. The van der Waals surface area contributed by atoms with E-state index in [-0.39, 0.29) is 46.1 Å². The summed E-state index contributed by atoms with van der Waals surface area (Å²) >= 11 is 5.75. The average Bonchev–Trinajstić information content (AvgIpc) is 2.27. The molecule has 1 aliphatic carbocycles. The number of rotatable bonds is 1. The number of aliphatic imine (C=N–C) groups is 1. The Labute approximate surface area is 126 Å². The summed E-state index contributed by atoms with van der Waals surface area (Å²) in [6, 6.07) is 4.68. The maximum absolute atomic E-state index is 10.9. The van der Waals surface area contributed by atoms with Gasteiger partial charge in [0.2, 0.25) is 0 Å². The molecule has 1 aromatic carbocycles. The fraction of sp³-hybridized carbons (Fsp3) is 0. The first kappa shape index (κ1) is 14.2. The van der Waals surface area contributed by atoms with Crippen molar-refractivity contribution in [3.63, 3.8) is 0 Å². The second-order valence-corrected chi connectivity index (χ2v) is 3.65. The zero-order chi connectivity index (χ0) is 11.5. The van der Waals surface area contributed by atoms with Gasteiger partial charge in [-0.2, -0.15) is 0 Å². The quantitative estimate of drug-likeness (QED) is 0.560. The minimum Gasteiger partial charge on any atom is -0.506 e. The predicted molar refractivity (Wildman–Crippen MR) is 63.5 cm³/mol. The Balaban J connectivity index is 0.00000144. The molecular weight excluding hydrogens is 249 g/mol. The van der Waals surface area contributed by atoms with Crippen LogP contribution in [0.1, 0.15) is 0 Å². The molecule has 1 aliphatic rings. The van der Waals surface area contributed by atoms with Crippen molar-refractivity contribution < 1.29 is 39.5 Å². The molecule has 0 spiro atoms. The van der Waals surface area contributed by atoms with Gasteiger partial charge < -0.3 is 5.11 Å². The largest absolute Gasteiger partial charge is 1.00 e. The summed E-state index contributed by atoms with van der Waals surface area (Å²) in [5.41, 5.74) is 1.29. The summed E-state index contributed by atoms with van der Waals surface area (Å²) in [7, 11) is 0. The first-order valence-corrected chi connectivity index (χ1v) is 5.00. The molecule has 0 aliphatic heterocycles. The predicted octanol–water partition coefficient (Wildman–Crippen LogP) is -0.183. The van der Waals surface area contributed by atoms with Crippen LogP contribution in [0.4, 0.5) is 5.69 Å². The van der Waals surface area contributed by atoms with E-state index in [0.717, 1.165) is 0 Å². The second kappa shape index (κ2) is 6.17.